The predicted molar refractivity (Wildman–Crippen MR) is 113 cm³/mol. The molecule has 0 saturated carbocycles. The molecule has 0 aromatic carbocycles. The van der Waals surface area contributed by atoms with E-state index in [0.717, 1.165) is 72.3 Å². The van der Waals surface area contributed by atoms with Crippen molar-refractivity contribution in [2.24, 2.45) is 0 Å². The molecule has 0 aliphatic carbocycles. The predicted octanol–water partition coefficient (Wildman–Crippen LogP) is 4.70. The average Bonchev–Trinajstić information content (AvgIpc) is 2.71. The number of methoxy groups -OCH3 is 1. The van der Waals surface area contributed by atoms with Gasteiger partial charge in [0.05, 0.1) is 29.8 Å². The second-order valence-electron chi connectivity index (χ2n) is 6.48. The summed E-state index contributed by atoms with van der Waals surface area (Å²) in [6.07, 6.45) is 5.57. The summed E-state index contributed by atoms with van der Waals surface area (Å²) in [5.74, 6) is 2.46. The van der Waals surface area contributed by atoms with Crippen molar-refractivity contribution in [3.63, 3.8) is 0 Å². The molecule has 6 heteroatoms. The van der Waals surface area contributed by atoms with Crippen molar-refractivity contribution in [1.82, 2.24) is 15.0 Å². The van der Waals surface area contributed by atoms with Crippen molar-refractivity contribution in [2.45, 2.75) is 66.3 Å². The first-order chi connectivity index (χ1) is 13.1. The highest BCUT2D eigenvalue weighted by Gasteiger charge is 2.18. The number of hydrogen-bond acceptors (Lipinski definition) is 6. The van der Waals surface area contributed by atoms with E-state index in [1.807, 2.05) is 19.2 Å². The van der Waals surface area contributed by atoms with Gasteiger partial charge in [-0.05, 0) is 32.6 Å². The molecule has 2 rings (SSSR count). The zero-order valence-corrected chi connectivity index (χ0v) is 17.5. The van der Waals surface area contributed by atoms with Crippen LogP contribution in [-0.4, -0.2) is 34.6 Å². The number of nitrogens with zero attached hydrogens (tertiary/aromatic N) is 3. The number of pyridine rings is 1. The van der Waals surface area contributed by atoms with Crippen molar-refractivity contribution in [3.8, 4) is 17.0 Å². The summed E-state index contributed by atoms with van der Waals surface area (Å²) in [7, 11) is 1.68. The van der Waals surface area contributed by atoms with E-state index in [9.17, 15) is 0 Å². The molecule has 6 nitrogen and oxygen atoms in total. The molecule has 0 unspecified atom stereocenters. The van der Waals surface area contributed by atoms with Crippen LogP contribution in [0.5, 0.6) is 5.75 Å². The molecule has 0 bridgehead atoms. The monoisotopic (exact) mass is 371 g/mol. The highest BCUT2D eigenvalue weighted by molar-refractivity contribution is 5.71. The van der Waals surface area contributed by atoms with Gasteiger partial charge in [0.1, 0.15) is 17.4 Å². The molecule has 148 valence electrons. The second-order valence-corrected chi connectivity index (χ2v) is 6.48. The Morgan fingerprint density at radius 2 is 1.70 bits per heavy atom. The van der Waals surface area contributed by atoms with Crippen molar-refractivity contribution < 1.29 is 4.74 Å². The topological polar surface area (TPSA) is 72.0 Å². The summed E-state index contributed by atoms with van der Waals surface area (Å²) in [5.41, 5.74) is 3.67. The Balaban J connectivity index is 2.54. The number of aryl methyl sites for hydroxylation is 2. The molecule has 0 fully saturated rings. The van der Waals surface area contributed by atoms with Crippen LogP contribution in [0, 0.1) is 0 Å². The molecule has 0 amide bonds. The number of rotatable bonds is 10. The van der Waals surface area contributed by atoms with Gasteiger partial charge in [-0.2, -0.15) is 0 Å². The molecule has 2 heterocycles. The molecular formula is C21H33N5O. The zero-order chi connectivity index (χ0) is 19.8. The smallest absolute Gasteiger partial charge is 0.148 e. The fourth-order valence-corrected chi connectivity index (χ4v) is 3.08. The summed E-state index contributed by atoms with van der Waals surface area (Å²) in [6, 6.07) is 2.33. The van der Waals surface area contributed by atoms with Crippen LogP contribution in [0.1, 0.15) is 58.8 Å². The molecule has 0 aliphatic rings. The molecule has 0 saturated heterocycles. The largest absolute Gasteiger partial charge is 0.496 e. The lowest BCUT2D eigenvalue weighted by molar-refractivity contribution is 0.416. The first-order valence-corrected chi connectivity index (χ1v) is 10.1. The molecular weight excluding hydrogens is 338 g/mol. The summed E-state index contributed by atoms with van der Waals surface area (Å²) in [5, 5.41) is 6.79. The van der Waals surface area contributed by atoms with Crippen molar-refractivity contribution >= 4 is 11.6 Å². The number of anilines is 2. The van der Waals surface area contributed by atoms with E-state index in [1.54, 1.807) is 7.11 Å². The zero-order valence-electron chi connectivity index (χ0n) is 17.5. The van der Waals surface area contributed by atoms with Gasteiger partial charge in [0, 0.05) is 24.8 Å². The highest BCUT2D eigenvalue weighted by Crippen LogP contribution is 2.33. The third-order valence-electron chi connectivity index (χ3n) is 4.74. The third kappa shape index (κ3) is 4.87. The molecule has 2 aromatic heterocycles. The van der Waals surface area contributed by atoms with E-state index in [2.05, 4.69) is 43.3 Å². The van der Waals surface area contributed by atoms with Crippen molar-refractivity contribution in [1.29, 1.82) is 0 Å². The second kappa shape index (κ2) is 10.1. The normalized spacial score (nSPS) is 10.9. The van der Waals surface area contributed by atoms with Crippen LogP contribution in [0.2, 0.25) is 0 Å². The molecule has 0 radical (unpaired) electrons. The number of nitrogens with one attached hydrogen (secondary N) is 2. The van der Waals surface area contributed by atoms with Gasteiger partial charge in [-0.1, -0.05) is 27.7 Å². The highest BCUT2D eigenvalue weighted by atomic mass is 16.5. The number of hydrogen-bond donors (Lipinski definition) is 2. The third-order valence-corrected chi connectivity index (χ3v) is 4.74. The summed E-state index contributed by atoms with van der Waals surface area (Å²) in [4.78, 5) is 14.4. The maximum atomic E-state index is 5.63. The molecule has 27 heavy (non-hydrogen) atoms. The van der Waals surface area contributed by atoms with Crippen LogP contribution in [0.25, 0.3) is 11.3 Å². The van der Waals surface area contributed by atoms with E-state index >= 15 is 0 Å². The van der Waals surface area contributed by atoms with Gasteiger partial charge < -0.3 is 15.4 Å². The maximum absolute atomic E-state index is 5.63. The fourth-order valence-electron chi connectivity index (χ4n) is 3.08. The Morgan fingerprint density at radius 3 is 2.26 bits per heavy atom. The van der Waals surface area contributed by atoms with E-state index in [0.29, 0.717) is 6.04 Å². The SMILES string of the molecule is CCNc1cc(OC)c(-c2nc(CC)c(NC(CC)CC)nc2CC)cn1. The van der Waals surface area contributed by atoms with Crippen LogP contribution in [0.4, 0.5) is 11.6 Å². The van der Waals surface area contributed by atoms with Crippen LogP contribution in [0.3, 0.4) is 0 Å². The molecule has 2 N–H and O–H groups in total. The molecule has 0 aliphatic heterocycles. The standard InChI is InChI=1S/C21H33N5O/c1-7-14(8-2)24-21-17(10-4)25-20(16(9-3)26-21)15-13-23-19(22-11-5)12-18(15)27-6/h12-14H,7-11H2,1-6H3,(H,22,23)(H,24,26). The van der Waals surface area contributed by atoms with Crippen LogP contribution >= 0.6 is 0 Å². The van der Waals surface area contributed by atoms with Crippen molar-refractivity contribution in [2.75, 3.05) is 24.3 Å². The van der Waals surface area contributed by atoms with E-state index in [-0.39, 0.29) is 0 Å². The van der Waals surface area contributed by atoms with Crippen LogP contribution in [-0.2, 0) is 12.8 Å². The number of aromatic nitrogens is 3. The summed E-state index contributed by atoms with van der Waals surface area (Å²) < 4.78 is 5.63. The van der Waals surface area contributed by atoms with E-state index in [1.165, 1.54) is 0 Å². The Hall–Kier alpha value is -2.37. The van der Waals surface area contributed by atoms with Gasteiger partial charge in [0.25, 0.3) is 0 Å². The minimum Gasteiger partial charge on any atom is -0.496 e. The van der Waals surface area contributed by atoms with Crippen LogP contribution < -0.4 is 15.4 Å². The summed E-state index contributed by atoms with van der Waals surface area (Å²) >= 11 is 0. The first kappa shape index (κ1) is 20.9. The first-order valence-electron chi connectivity index (χ1n) is 10.1. The minimum atomic E-state index is 0.413. The summed E-state index contributed by atoms with van der Waals surface area (Å²) in [6.45, 7) is 11.5. The van der Waals surface area contributed by atoms with Gasteiger partial charge in [0.2, 0.25) is 0 Å². The lowest BCUT2D eigenvalue weighted by Gasteiger charge is -2.20. The fraction of sp³-hybridized carbons (Fsp3) is 0.571. The van der Waals surface area contributed by atoms with E-state index < -0.39 is 0 Å². The molecule has 2 aromatic rings. The molecule has 0 atom stereocenters. The van der Waals surface area contributed by atoms with Crippen LogP contribution in [0.15, 0.2) is 12.3 Å². The van der Waals surface area contributed by atoms with Gasteiger partial charge in [-0.3, -0.25) is 0 Å². The number of ether oxygens (including phenoxy) is 1. The van der Waals surface area contributed by atoms with Gasteiger partial charge in [-0.25, -0.2) is 15.0 Å². The van der Waals surface area contributed by atoms with Gasteiger partial charge in [-0.15, -0.1) is 0 Å². The average molecular weight is 372 g/mol. The minimum absolute atomic E-state index is 0.413. The maximum Gasteiger partial charge on any atom is 0.148 e. The van der Waals surface area contributed by atoms with Gasteiger partial charge in [0.15, 0.2) is 0 Å². The Kier molecular flexibility index (Phi) is 7.82. The van der Waals surface area contributed by atoms with Gasteiger partial charge >= 0.3 is 0 Å². The lowest BCUT2D eigenvalue weighted by Crippen LogP contribution is -2.20. The molecule has 0 spiro atoms. The lowest BCUT2D eigenvalue weighted by atomic mass is 10.1. The Labute approximate surface area is 163 Å². The van der Waals surface area contributed by atoms with Crippen molar-refractivity contribution in [3.05, 3.63) is 23.7 Å². The quantitative estimate of drug-likeness (QED) is 0.630. The van der Waals surface area contributed by atoms with E-state index in [4.69, 9.17) is 14.7 Å². The Bertz CT molecular complexity index is 744. The Morgan fingerprint density at radius 1 is 1.00 bits per heavy atom.